The van der Waals surface area contributed by atoms with E-state index in [0.717, 1.165) is 81.8 Å². The summed E-state index contributed by atoms with van der Waals surface area (Å²) in [6, 6.07) is 4.63. The van der Waals surface area contributed by atoms with Gasteiger partial charge in [0.2, 0.25) is 26.9 Å². The van der Waals surface area contributed by atoms with Gasteiger partial charge in [0.1, 0.15) is 5.52 Å². The van der Waals surface area contributed by atoms with E-state index in [9.17, 15) is 22.8 Å². The second kappa shape index (κ2) is 18.9. The molecule has 22 nitrogen and oxygen atoms in total. The van der Waals surface area contributed by atoms with E-state index in [1.807, 2.05) is 31.6 Å². The fourth-order valence-electron chi connectivity index (χ4n) is 9.90. The molecule has 69 heavy (non-hydrogen) atoms. The van der Waals surface area contributed by atoms with E-state index >= 15 is 0 Å². The molecule has 4 aliphatic rings. The number of carbonyl (C=O) groups is 3. The third-order valence-electron chi connectivity index (χ3n) is 13.2. The van der Waals surface area contributed by atoms with E-state index in [1.54, 1.807) is 23.5 Å². The molecule has 0 unspecified atom stereocenters. The van der Waals surface area contributed by atoms with Gasteiger partial charge in [0.15, 0.2) is 17.1 Å². The molecule has 8 N–H and O–H groups in total. The number of fused-ring (bicyclic) bond motifs is 9. The lowest BCUT2D eigenvalue weighted by Crippen LogP contribution is -2.24. The number of sulfone groups is 1. The Balaban J connectivity index is 0.000000129. The minimum absolute atomic E-state index is 0.206. The Kier molecular flexibility index (Phi) is 12.8. The number of primary amides is 3. The van der Waals surface area contributed by atoms with Crippen LogP contribution in [0.4, 0.5) is 11.9 Å². The number of nitrogens with two attached hydrogens (primary N) is 3. The van der Waals surface area contributed by atoms with Gasteiger partial charge in [-0.1, -0.05) is 44.6 Å². The zero-order valence-electron chi connectivity index (χ0n) is 39.0. The number of hydrogen-bond acceptors (Lipinski definition) is 16. The van der Waals surface area contributed by atoms with Gasteiger partial charge in [-0.15, -0.1) is 0 Å². The molecule has 0 bridgehead atoms. The van der Waals surface area contributed by atoms with Crippen molar-refractivity contribution in [1.82, 2.24) is 59.2 Å². The van der Waals surface area contributed by atoms with Crippen molar-refractivity contribution in [2.24, 2.45) is 38.3 Å². The number of nitrogens with zero attached hydrogens (tertiary/aromatic N) is 12. The molecule has 23 heteroatoms. The molecule has 4 aliphatic carbocycles. The van der Waals surface area contributed by atoms with Crippen LogP contribution in [0.25, 0.3) is 44.6 Å². The van der Waals surface area contributed by atoms with Crippen molar-refractivity contribution in [3.05, 3.63) is 70.1 Å². The second-order valence-corrected chi connectivity index (χ2v) is 20.0. The summed E-state index contributed by atoms with van der Waals surface area (Å²) in [6.07, 6.45) is 21.3. The highest BCUT2D eigenvalue weighted by atomic mass is 32.2. The number of aryl methyl sites for hydroxylation is 5. The number of benzene rings is 1. The number of rotatable bonds is 8. The Morgan fingerprint density at radius 2 is 1.07 bits per heavy atom. The minimum atomic E-state index is -3.50. The van der Waals surface area contributed by atoms with E-state index in [-0.39, 0.29) is 16.5 Å². The molecular formula is C46H55N17O5S. The highest BCUT2D eigenvalue weighted by molar-refractivity contribution is 7.90. The third-order valence-corrected chi connectivity index (χ3v) is 14.1. The SMILES string of the molecule is Cn1nc(C(N)=O)c2c1-c1nc(NC3CCCCC3)ncc1CC2.Cn1nc(C(N)=O)c2c1-c1nc(S(C)(=O)=O)ncc1CC2.Cn1nc(C(N)=O)c2ccc3cnc(NC4CCCCC4)nc3c21. The molecule has 0 atom stereocenters. The van der Waals surface area contributed by atoms with Gasteiger partial charge in [-0.3, -0.25) is 28.4 Å². The molecule has 11 rings (SSSR count). The summed E-state index contributed by atoms with van der Waals surface area (Å²) in [5.74, 6) is -0.328. The van der Waals surface area contributed by atoms with Crippen LogP contribution in [0.15, 0.2) is 35.9 Å². The fraction of sp³-hybridized carbons (Fsp3) is 0.435. The summed E-state index contributed by atoms with van der Waals surface area (Å²) >= 11 is 0. The summed E-state index contributed by atoms with van der Waals surface area (Å²) in [5, 5.41) is 21.0. The predicted octanol–water partition coefficient (Wildman–Crippen LogP) is 3.66. The first kappa shape index (κ1) is 46.7. The molecule has 360 valence electrons. The van der Waals surface area contributed by atoms with Crippen LogP contribution in [0.5, 0.6) is 0 Å². The highest BCUT2D eigenvalue weighted by Crippen LogP contribution is 2.36. The molecule has 3 amide bonds. The summed E-state index contributed by atoms with van der Waals surface area (Å²) in [4.78, 5) is 61.1. The van der Waals surface area contributed by atoms with Crippen LogP contribution in [0, 0.1) is 0 Å². The number of amides is 3. The maximum Gasteiger partial charge on any atom is 0.269 e. The molecule has 0 aliphatic heterocycles. The van der Waals surface area contributed by atoms with Crippen LogP contribution in [0.2, 0.25) is 0 Å². The number of carbonyl (C=O) groups excluding carboxylic acids is 3. The van der Waals surface area contributed by atoms with Crippen LogP contribution < -0.4 is 27.8 Å². The van der Waals surface area contributed by atoms with Gasteiger partial charge >= 0.3 is 0 Å². The van der Waals surface area contributed by atoms with Crippen molar-refractivity contribution in [2.75, 3.05) is 16.9 Å². The number of nitrogens with one attached hydrogen (secondary N) is 2. The van der Waals surface area contributed by atoms with Crippen LogP contribution in [-0.2, 0) is 56.7 Å². The first-order valence-electron chi connectivity index (χ1n) is 23.1. The van der Waals surface area contributed by atoms with E-state index in [0.29, 0.717) is 59.5 Å². The number of aromatic nitrogens is 12. The van der Waals surface area contributed by atoms with Crippen molar-refractivity contribution in [2.45, 2.75) is 107 Å². The van der Waals surface area contributed by atoms with E-state index < -0.39 is 27.6 Å². The minimum Gasteiger partial charge on any atom is -0.364 e. The molecule has 0 saturated heterocycles. The average Bonchev–Trinajstić information content (AvgIpc) is 4.00. The second-order valence-electron chi connectivity index (χ2n) is 18.1. The Bertz CT molecular complexity index is 3270. The highest BCUT2D eigenvalue weighted by Gasteiger charge is 2.30. The lowest BCUT2D eigenvalue weighted by Gasteiger charge is -2.23. The largest absolute Gasteiger partial charge is 0.364 e. The molecule has 2 saturated carbocycles. The zero-order chi connectivity index (χ0) is 48.7. The van der Waals surface area contributed by atoms with Crippen molar-refractivity contribution in [1.29, 1.82) is 0 Å². The summed E-state index contributed by atoms with van der Waals surface area (Å²) < 4.78 is 28.1. The smallest absolute Gasteiger partial charge is 0.269 e. The van der Waals surface area contributed by atoms with E-state index in [4.69, 9.17) is 27.2 Å². The maximum atomic E-state index is 11.6. The Labute approximate surface area is 397 Å². The average molecular weight is 958 g/mol. The molecule has 0 radical (unpaired) electrons. The van der Waals surface area contributed by atoms with Gasteiger partial charge in [0.05, 0.1) is 28.3 Å². The standard InChI is InChI=1S/C17H22N6O.C17H20N6O.C12H13N5O3S/c2*1-23-15-12(14(22-23)16(18)24)8-7-10-9-19-17(21-13(10)15)20-11-5-3-2-4-6-11;1-17-10-7(9(16-17)11(13)18)4-3-6-5-14-12(15-8(6)10)21(2,19)20/h9,11H,2-8H2,1H3,(H2,18,24)(H,19,20,21);7-9,11H,2-6H2,1H3,(H2,18,24)(H,19,20,21);5H,3-4H2,1-2H3,(H2,13,18). The van der Waals surface area contributed by atoms with Crippen molar-refractivity contribution in [3.63, 3.8) is 0 Å². The maximum absolute atomic E-state index is 11.6. The fourth-order valence-corrected chi connectivity index (χ4v) is 10.4. The Hall–Kier alpha value is -7.43. The molecule has 1 aromatic carbocycles. The lowest BCUT2D eigenvalue weighted by atomic mass is 9.93. The molecule has 2 fully saturated rings. The van der Waals surface area contributed by atoms with Gasteiger partial charge in [0.25, 0.3) is 17.7 Å². The van der Waals surface area contributed by atoms with E-state index in [1.165, 1.54) is 62.2 Å². The summed E-state index contributed by atoms with van der Waals surface area (Å²) in [5.41, 5.74) is 25.0. The molecule has 0 spiro atoms. The van der Waals surface area contributed by atoms with Crippen molar-refractivity contribution >= 4 is 61.3 Å². The number of hydrogen-bond donors (Lipinski definition) is 5. The normalized spacial score (nSPS) is 15.7. The topological polar surface area (TPSA) is 318 Å². The molecule has 7 aromatic rings. The van der Waals surface area contributed by atoms with Gasteiger partial charge in [0, 0.05) is 80.0 Å². The Morgan fingerprint density at radius 3 is 1.59 bits per heavy atom. The third kappa shape index (κ3) is 9.41. The first-order chi connectivity index (χ1) is 33.0. The van der Waals surface area contributed by atoms with Crippen molar-refractivity contribution in [3.8, 4) is 22.8 Å². The van der Waals surface area contributed by atoms with Gasteiger partial charge in [-0.25, -0.2) is 38.3 Å². The van der Waals surface area contributed by atoms with Crippen molar-refractivity contribution < 1.29 is 22.8 Å². The van der Waals surface area contributed by atoms with Gasteiger partial charge in [-0.2, -0.15) is 15.3 Å². The van der Waals surface area contributed by atoms with Crippen LogP contribution in [0.1, 0.15) is 118 Å². The molecule has 6 aromatic heterocycles. The van der Waals surface area contributed by atoms with Crippen LogP contribution in [0.3, 0.4) is 0 Å². The van der Waals surface area contributed by atoms with Gasteiger partial charge < -0.3 is 27.8 Å². The molecular weight excluding hydrogens is 903 g/mol. The molecule has 6 heterocycles. The van der Waals surface area contributed by atoms with Crippen LogP contribution in [-0.4, -0.2) is 104 Å². The number of anilines is 2. The summed E-state index contributed by atoms with van der Waals surface area (Å²) in [7, 11) is 1.79. The Morgan fingerprint density at radius 1 is 0.594 bits per heavy atom. The van der Waals surface area contributed by atoms with Gasteiger partial charge in [-0.05, 0) is 68.6 Å². The quantitative estimate of drug-likeness (QED) is 0.136. The lowest BCUT2D eigenvalue weighted by molar-refractivity contribution is 0.0985. The summed E-state index contributed by atoms with van der Waals surface area (Å²) in [6.45, 7) is 0. The monoisotopic (exact) mass is 957 g/mol. The van der Waals surface area contributed by atoms with Crippen LogP contribution >= 0.6 is 0 Å². The van der Waals surface area contributed by atoms with E-state index in [2.05, 4.69) is 45.9 Å². The first-order valence-corrected chi connectivity index (χ1v) is 25.0. The predicted molar refractivity (Wildman–Crippen MR) is 257 cm³/mol. The zero-order valence-corrected chi connectivity index (χ0v) is 39.8.